The first kappa shape index (κ1) is 60.1. The van der Waals surface area contributed by atoms with Crippen LogP contribution in [-0.2, 0) is 54.8 Å². The minimum atomic E-state index is -0.768. The van der Waals surface area contributed by atoms with Gasteiger partial charge in [0.05, 0.1) is 28.0 Å². The van der Waals surface area contributed by atoms with Gasteiger partial charge in [-0.25, -0.2) is 19.2 Å². The minimum Gasteiger partial charge on any atom is -0.494 e. The molecule has 14 heteroatoms. The van der Waals surface area contributed by atoms with Crippen molar-refractivity contribution in [3.05, 3.63) is 166 Å². The molecule has 0 saturated heterocycles. The van der Waals surface area contributed by atoms with E-state index in [4.69, 9.17) is 47.4 Å². The standard InChI is InChI=1S/C61H76O14/c1-17-40(4)68-36-41-24-43(38-70-52-32-45(54(62)72-58(5,6)7)30-46(33-52)55(63)73-59(8,9)10)28-50(26-41)66-22-20-21-23-67-51-27-42(37-69-49(18-2)19-3)25-44(29-51)39-71-53-34-47(56(64)74-60(11,12)13)31-48(35-53)57(65)75-61(14,15)16/h17-21,24-35H,2,22-23,36-39H2,1,3-16H3/b21-20-,40-17+,49-19+. The molecule has 4 rings (SSSR count). The third-order valence-electron chi connectivity index (χ3n) is 9.84. The molecule has 0 N–H and O–H groups in total. The molecule has 0 heterocycles. The molecular formula is C61H76O14. The summed E-state index contributed by atoms with van der Waals surface area (Å²) in [5.74, 6) is 0.564. The molecule has 0 aliphatic carbocycles. The molecule has 0 spiro atoms. The lowest BCUT2D eigenvalue weighted by Crippen LogP contribution is -2.25. The Morgan fingerprint density at radius 3 is 1.01 bits per heavy atom. The SMILES string of the molecule is C=C/C(=C\C)OCc1cc(COc2cc(C(=O)OC(C)(C)C)cc(C(=O)OC(C)(C)C)c2)cc(OC/C=C\COc2cc(CO/C(C)=C/C)cc(COc3cc(C(=O)OC(C)(C)C)cc(C(=O)OC(C)(C)C)c3)c2)c1. The van der Waals surface area contributed by atoms with Gasteiger partial charge in [0.15, 0.2) is 0 Å². The smallest absolute Gasteiger partial charge is 0.338 e. The molecule has 14 nitrogen and oxygen atoms in total. The second-order valence-electron chi connectivity index (χ2n) is 21.5. The van der Waals surface area contributed by atoms with Crippen molar-refractivity contribution in [1.82, 2.24) is 0 Å². The Balaban J connectivity index is 1.53. The van der Waals surface area contributed by atoms with Gasteiger partial charge in [-0.05, 0) is 229 Å². The van der Waals surface area contributed by atoms with Crippen LogP contribution in [0.15, 0.2) is 121 Å². The van der Waals surface area contributed by atoms with E-state index in [1.165, 1.54) is 36.4 Å². The van der Waals surface area contributed by atoms with Crippen LogP contribution >= 0.6 is 0 Å². The average molecular weight is 1030 g/mol. The van der Waals surface area contributed by atoms with Gasteiger partial charge in [0.2, 0.25) is 0 Å². The Bertz CT molecular complexity index is 2640. The molecule has 75 heavy (non-hydrogen) atoms. The van der Waals surface area contributed by atoms with E-state index >= 15 is 0 Å². The molecule has 4 aromatic carbocycles. The molecule has 0 aromatic heterocycles. The van der Waals surface area contributed by atoms with Crippen LogP contribution < -0.4 is 18.9 Å². The summed E-state index contributed by atoms with van der Waals surface area (Å²) in [7, 11) is 0. The average Bonchev–Trinajstić information content (AvgIpc) is 3.31. The molecule has 0 atom stereocenters. The lowest BCUT2D eigenvalue weighted by atomic mass is 10.1. The fraction of sp³-hybridized carbons (Fsp3) is 0.410. The van der Waals surface area contributed by atoms with E-state index < -0.39 is 46.3 Å². The van der Waals surface area contributed by atoms with Crippen LogP contribution in [0.2, 0.25) is 0 Å². The second-order valence-corrected chi connectivity index (χ2v) is 21.5. The molecule has 4 aromatic rings. The molecule has 0 amide bonds. The number of hydrogen-bond acceptors (Lipinski definition) is 14. The summed E-state index contributed by atoms with van der Waals surface area (Å²) >= 11 is 0. The molecule has 404 valence electrons. The number of hydrogen-bond donors (Lipinski definition) is 0. The molecule has 0 fully saturated rings. The van der Waals surface area contributed by atoms with Gasteiger partial charge >= 0.3 is 23.9 Å². The van der Waals surface area contributed by atoms with Crippen LogP contribution in [0.1, 0.15) is 168 Å². The van der Waals surface area contributed by atoms with Crippen molar-refractivity contribution >= 4 is 23.9 Å². The number of esters is 4. The third kappa shape index (κ3) is 22.3. The van der Waals surface area contributed by atoms with Crippen molar-refractivity contribution in [2.75, 3.05) is 13.2 Å². The summed E-state index contributed by atoms with van der Waals surface area (Å²) in [6, 6.07) is 20.3. The predicted molar refractivity (Wildman–Crippen MR) is 288 cm³/mol. The van der Waals surface area contributed by atoms with Crippen molar-refractivity contribution in [3.8, 4) is 23.0 Å². The van der Waals surface area contributed by atoms with E-state index in [2.05, 4.69) is 6.58 Å². The van der Waals surface area contributed by atoms with Gasteiger partial charge in [-0.3, -0.25) is 0 Å². The molecule has 0 radical (unpaired) electrons. The van der Waals surface area contributed by atoms with Gasteiger partial charge in [0.25, 0.3) is 0 Å². The molecule has 0 bridgehead atoms. The number of ether oxygens (including phenoxy) is 10. The first-order chi connectivity index (χ1) is 35.0. The maximum atomic E-state index is 13.2. The Labute approximate surface area is 443 Å². The van der Waals surface area contributed by atoms with Gasteiger partial charge in [0.1, 0.15) is 90.8 Å². The Morgan fingerprint density at radius 1 is 0.413 bits per heavy atom. The van der Waals surface area contributed by atoms with Gasteiger partial charge in [-0.1, -0.05) is 6.58 Å². The Hall–Kier alpha value is -7.48. The van der Waals surface area contributed by atoms with Crippen molar-refractivity contribution < 1.29 is 66.5 Å². The van der Waals surface area contributed by atoms with Gasteiger partial charge in [-0.15, -0.1) is 0 Å². The quantitative estimate of drug-likeness (QED) is 0.0227. The number of allylic oxidation sites excluding steroid dienone is 4. The maximum absolute atomic E-state index is 13.2. The van der Waals surface area contributed by atoms with Crippen LogP contribution in [0.5, 0.6) is 23.0 Å². The molecular weight excluding hydrogens is 957 g/mol. The van der Waals surface area contributed by atoms with Crippen LogP contribution in [0.25, 0.3) is 0 Å². The monoisotopic (exact) mass is 1030 g/mol. The second kappa shape index (κ2) is 26.6. The van der Waals surface area contributed by atoms with Crippen molar-refractivity contribution in [1.29, 1.82) is 0 Å². The van der Waals surface area contributed by atoms with Crippen LogP contribution in [0.4, 0.5) is 0 Å². The van der Waals surface area contributed by atoms with Gasteiger partial charge in [0, 0.05) is 0 Å². The molecule has 0 unspecified atom stereocenters. The summed E-state index contributed by atoms with van der Waals surface area (Å²) in [4.78, 5) is 52.7. The summed E-state index contributed by atoms with van der Waals surface area (Å²) in [5.41, 5.74) is 0.599. The predicted octanol–water partition coefficient (Wildman–Crippen LogP) is 13.7. The first-order valence-corrected chi connectivity index (χ1v) is 24.8. The number of carbonyl (C=O) groups is 4. The lowest BCUT2D eigenvalue weighted by Gasteiger charge is -2.21. The first-order valence-electron chi connectivity index (χ1n) is 24.8. The highest BCUT2D eigenvalue weighted by molar-refractivity contribution is 5.97. The van der Waals surface area contributed by atoms with E-state index in [0.29, 0.717) is 17.3 Å². The zero-order valence-corrected chi connectivity index (χ0v) is 46.5. The van der Waals surface area contributed by atoms with Crippen molar-refractivity contribution in [3.63, 3.8) is 0 Å². The summed E-state index contributed by atoms with van der Waals surface area (Å²) in [5, 5.41) is 0. The largest absolute Gasteiger partial charge is 0.494 e. The van der Waals surface area contributed by atoms with E-state index in [9.17, 15) is 19.2 Å². The fourth-order valence-electron chi connectivity index (χ4n) is 6.61. The van der Waals surface area contributed by atoms with Gasteiger partial charge < -0.3 is 47.4 Å². The zero-order valence-electron chi connectivity index (χ0n) is 46.5. The third-order valence-corrected chi connectivity index (χ3v) is 9.84. The topological polar surface area (TPSA) is 161 Å². The Morgan fingerprint density at radius 2 is 0.720 bits per heavy atom. The summed E-state index contributed by atoms with van der Waals surface area (Å²) < 4.78 is 59.2. The fourth-order valence-corrected chi connectivity index (χ4v) is 6.61. The maximum Gasteiger partial charge on any atom is 0.338 e. The number of carbonyl (C=O) groups excluding carboxylic acids is 4. The normalized spacial score (nSPS) is 12.4. The number of rotatable bonds is 23. The number of benzene rings is 4. The highest BCUT2D eigenvalue weighted by Crippen LogP contribution is 2.28. The van der Waals surface area contributed by atoms with Gasteiger partial charge in [-0.2, -0.15) is 0 Å². The highest BCUT2D eigenvalue weighted by Gasteiger charge is 2.25. The molecule has 0 aliphatic rings. The van der Waals surface area contributed by atoms with E-state index in [1.807, 2.05) is 81.5 Å². The van der Waals surface area contributed by atoms with E-state index in [1.54, 1.807) is 89.2 Å². The van der Waals surface area contributed by atoms with Crippen molar-refractivity contribution in [2.45, 2.75) is 153 Å². The lowest BCUT2D eigenvalue weighted by molar-refractivity contribution is 0.00457. The van der Waals surface area contributed by atoms with E-state index in [-0.39, 0.29) is 73.4 Å². The molecule has 0 aliphatic heterocycles. The van der Waals surface area contributed by atoms with Crippen molar-refractivity contribution in [2.24, 2.45) is 0 Å². The van der Waals surface area contributed by atoms with Crippen LogP contribution in [0.3, 0.4) is 0 Å². The summed E-state index contributed by atoms with van der Waals surface area (Å²) in [6.07, 6.45) is 8.98. The zero-order chi connectivity index (χ0) is 55.7. The Kier molecular flexibility index (Phi) is 21.3. The van der Waals surface area contributed by atoms with Crippen LogP contribution in [0, 0.1) is 0 Å². The summed E-state index contributed by atoms with van der Waals surface area (Å²) in [6.45, 7) is 31.6. The van der Waals surface area contributed by atoms with E-state index in [0.717, 1.165) is 28.0 Å². The van der Waals surface area contributed by atoms with Crippen LogP contribution in [-0.4, -0.2) is 59.5 Å². The molecule has 0 saturated carbocycles. The minimum absolute atomic E-state index is 0.0500. The highest BCUT2D eigenvalue weighted by atomic mass is 16.6.